The van der Waals surface area contributed by atoms with E-state index in [0.29, 0.717) is 5.75 Å². The Morgan fingerprint density at radius 3 is 2.83 bits per heavy atom. The SMILES string of the molecule is O=C(CCOc1ccc(Br)cc1)N1C[C@H](O)CO1. The Morgan fingerprint density at radius 1 is 1.50 bits per heavy atom. The Kier molecular flexibility index (Phi) is 4.57. The van der Waals surface area contributed by atoms with Gasteiger partial charge in [0, 0.05) is 4.47 Å². The quantitative estimate of drug-likeness (QED) is 0.911. The monoisotopic (exact) mass is 315 g/mol. The summed E-state index contributed by atoms with van der Waals surface area (Å²) in [6, 6.07) is 7.39. The first-order valence-corrected chi connectivity index (χ1v) is 6.44. The standard InChI is InChI=1S/C12H14BrNO4/c13-9-1-3-11(4-2-9)17-6-5-12(16)14-7-10(15)8-18-14/h1-4,10,15H,5-8H2/t10-/m0/s1. The van der Waals surface area contributed by atoms with Crippen LogP contribution in [0.15, 0.2) is 28.7 Å². The van der Waals surface area contributed by atoms with E-state index in [2.05, 4.69) is 15.9 Å². The van der Waals surface area contributed by atoms with E-state index in [9.17, 15) is 9.90 Å². The van der Waals surface area contributed by atoms with Crippen molar-refractivity contribution in [2.75, 3.05) is 19.8 Å². The summed E-state index contributed by atoms with van der Waals surface area (Å²) in [5.41, 5.74) is 0. The molecule has 0 saturated carbocycles. The highest BCUT2D eigenvalue weighted by Crippen LogP contribution is 2.16. The van der Waals surface area contributed by atoms with Gasteiger partial charge in [0.15, 0.2) is 0 Å². The summed E-state index contributed by atoms with van der Waals surface area (Å²) in [5, 5.41) is 10.4. The lowest BCUT2D eigenvalue weighted by atomic mass is 10.3. The van der Waals surface area contributed by atoms with Gasteiger partial charge in [0.2, 0.25) is 5.91 Å². The number of aliphatic hydroxyl groups is 1. The summed E-state index contributed by atoms with van der Waals surface area (Å²) >= 11 is 3.33. The maximum Gasteiger partial charge on any atom is 0.249 e. The van der Waals surface area contributed by atoms with Gasteiger partial charge in [-0.1, -0.05) is 15.9 Å². The molecule has 1 aliphatic rings. The molecule has 1 fully saturated rings. The van der Waals surface area contributed by atoms with Crippen molar-refractivity contribution in [3.8, 4) is 5.75 Å². The highest BCUT2D eigenvalue weighted by molar-refractivity contribution is 9.10. The van der Waals surface area contributed by atoms with Crippen LogP contribution < -0.4 is 4.74 Å². The van der Waals surface area contributed by atoms with Gasteiger partial charge in [-0.05, 0) is 24.3 Å². The highest BCUT2D eigenvalue weighted by atomic mass is 79.9. The summed E-state index contributed by atoms with van der Waals surface area (Å²) in [6.07, 6.45) is -0.357. The van der Waals surface area contributed by atoms with Gasteiger partial charge in [0.05, 0.1) is 25.7 Å². The second-order valence-electron chi connectivity index (χ2n) is 3.96. The Morgan fingerprint density at radius 2 is 2.22 bits per heavy atom. The molecule has 1 aromatic carbocycles. The predicted molar refractivity (Wildman–Crippen MR) is 67.9 cm³/mol. The third kappa shape index (κ3) is 3.69. The minimum atomic E-state index is -0.582. The molecule has 6 heteroatoms. The van der Waals surface area contributed by atoms with Crippen LogP contribution in [0.2, 0.25) is 0 Å². The Balaban J connectivity index is 1.72. The number of ether oxygens (including phenoxy) is 1. The Labute approximate surface area is 113 Å². The zero-order valence-corrected chi connectivity index (χ0v) is 11.3. The van der Waals surface area contributed by atoms with E-state index in [1.807, 2.05) is 24.3 Å². The first-order valence-electron chi connectivity index (χ1n) is 5.65. The maximum atomic E-state index is 11.6. The fraction of sp³-hybridized carbons (Fsp3) is 0.417. The number of benzene rings is 1. The summed E-state index contributed by atoms with van der Waals surface area (Å²) in [6.45, 7) is 0.701. The molecular formula is C12H14BrNO4. The van der Waals surface area contributed by atoms with Crippen molar-refractivity contribution in [3.05, 3.63) is 28.7 Å². The van der Waals surface area contributed by atoms with Crippen molar-refractivity contribution >= 4 is 21.8 Å². The first kappa shape index (κ1) is 13.3. The van der Waals surface area contributed by atoms with E-state index in [1.54, 1.807) is 0 Å². The van der Waals surface area contributed by atoms with Crippen LogP contribution >= 0.6 is 15.9 Å². The molecule has 0 aromatic heterocycles. The molecule has 1 heterocycles. The molecule has 0 aliphatic carbocycles. The van der Waals surface area contributed by atoms with Crippen molar-refractivity contribution in [1.82, 2.24) is 5.06 Å². The van der Waals surface area contributed by atoms with Crippen LogP contribution in [0.5, 0.6) is 5.75 Å². The molecule has 1 aromatic rings. The smallest absolute Gasteiger partial charge is 0.249 e. The van der Waals surface area contributed by atoms with E-state index in [0.717, 1.165) is 4.47 Å². The molecule has 1 saturated heterocycles. The number of carbonyl (C=O) groups is 1. The van der Waals surface area contributed by atoms with Crippen molar-refractivity contribution in [2.24, 2.45) is 0 Å². The van der Waals surface area contributed by atoms with Crippen molar-refractivity contribution in [3.63, 3.8) is 0 Å². The van der Waals surface area contributed by atoms with Gasteiger partial charge in [-0.15, -0.1) is 0 Å². The van der Waals surface area contributed by atoms with Gasteiger partial charge >= 0.3 is 0 Å². The molecule has 18 heavy (non-hydrogen) atoms. The normalized spacial score (nSPS) is 19.0. The zero-order chi connectivity index (χ0) is 13.0. The molecule has 5 nitrogen and oxygen atoms in total. The van der Waals surface area contributed by atoms with Crippen LogP contribution in [-0.2, 0) is 9.63 Å². The highest BCUT2D eigenvalue weighted by Gasteiger charge is 2.25. The third-order valence-electron chi connectivity index (χ3n) is 2.48. The van der Waals surface area contributed by atoms with Gasteiger partial charge in [-0.2, -0.15) is 0 Å². The number of amides is 1. The molecule has 1 aliphatic heterocycles. The second kappa shape index (κ2) is 6.17. The number of β-amino-alcohol motifs (C(OH)–C–C–N with tert-alkyl or cyclic N) is 1. The molecule has 0 spiro atoms. The number of aliphatic hydroxyl groups excluding tert-OH is 1. The van der Waals surface area contributed by atoms with Crippen LogP contribution in [-0.4, -0.2) is 41.9 Å². The van der Waals surface area contributed by atoms with Gasteiger partial charge in [0.25, 0.3) is 0 Å². The van der Waals surface area contributed by atoms with Crippen LogP contribution in [0.3, 0.4) is 0 Å². The fourth-order valence-corrected chi connectivity index (χ4v) is 1.82. The molecule has 2 rings (SSSR count). The minimum Gasteiger partial charge on any atom is -0.493 e. The number of carbonyl (C=O) groups excluding carboxylic acids is 1. The van der Waals surface area contributed by atoms with Crippen molar-refractivity contribution in [2.45, 2.75) is 12.5 Å². The van der Waals surface area contributed by atoms with E-state index < -0.39 is 6.10 Å². The van der Waals surface area contributed by atoms with E-state index in [4.69, 9.17) is 9.57 Å². The molecule has 0 radical (unpaired) electrons. The van der Waals surface area contributed by atoms with Crippen LogP contribution in [0.25, 0.3) is 0 Å². The van der Waals surface area contributed by atoms with Gasteiger partial charge in [-0.3, -0.25) is 9.63 Å². The number of rotatable bonds is 4. The molecular weight excluding hydrogens is 302 g/mol. The van der Waals surface area contributed by atoms with E-state index in [-0.39, 0.29) is 32.1 Å². The summed E-state index contributed by atoms with van der Waals surface area (Å²) in [4.78, 5) is 16.7. The molecule has 1 N–H and O–H groups in total. The first-order chi connectivity index (χ1) is 8.65. The van der Waals surface area contributed by atoms with Crippen molar-refractivity contribution < 1.29 is 19.5 Å². The summed E-state index contributed by atoms with van der Waals surface area (Å²) in [5.74, 6) is 0.539. The average Bonchev–Trinajstić information content (AvgIpc) is 2.78. The zero-order valence-electron chi connectivity index (χ0n) is 9.71. The van der Waals surface area contributed by atoms with Gasteiger partial charge < -0.3 is 9.84 Å². The van der Waals surface area contributed by atoms with Crippen molar-refractivity contribution in [1.29, 1.82) is 0 Å². The molecule has 0 bridgehead atoms. The van der Waals surface area contributed by atoms with Gasteiger partial charge in [0.1, 0.15) is 12.4 Å². The molecule has 98 valence electrons. The lowest BCUT2D eigenvalue weighted by Crippen LogP contribution is -2.29. The number of hydrogen-bond donors (Lipinski definition) is 1. The molecule has 0 unspecified atom stereocenters. The lowest BCUT2D eigenvalue weighted by molar-refractivity contribution is -0.169. The predicted octanol–water partition coefficient (Wildman–Crippen LogP) is 1.35. The molecule has 1 atom stereocenters. The topological polar surface area (TPSA) is 59.0 Å². The summed E-state index contributed by atoms with van der Waals surface area (Å²) in [7, 11) is 0. The van der Waals surface area contributed by atoms with Gasteiger partial charge in [-0.25, -0.2) is 5.06 Å². The largest absolute Gasteiger partial charge is 0.493 e. The van der Waals surface area contributed by atoms with Crippen LogP contribution in [0.4, 0.5) is 0 Å². The third-order valence-corrected chi connectivity index (χ3v) is 3.00. The lowest BCUT2D eigenvalue weighted by Gasteiger charge is -2.13. The number of nitrogens with zero attached hydrogens (tertiary/aromatic N) is 1. The average molecular weight is 316 g/mol. The Hall–Kier alpha value is -1.11. The summed E-state index contributed by atoms with van der Waals surface area (Å²) < 4.78 is 6.41. The van der Waals surface area contributed by atoms with Crippen LogP contribution in [0, 0.1) is 0 Å². The van der Waals surface area contributed by atoms with E-state index >= 15 is 0 Å². The number of halogens is 1. The minimum absolute atomic E-state index is 0.177. The van der Waals surface area contributed by atoms with Crippen LogP contribution in [0.1, 0.15) is 6.42 Å². The Bertz CT molecular complexity index is 409. The number of hydroxylamine groups is 2. The second-order valence-corrected chi connectivity index (χ2v) is 4.87. The van der Waals surface area contributed by atoms with E-state index in [1.165, 1.54) is 5.06 Å². The number of hydrogen-bond acceptors (Lipinski definition) is 4. The maximum absolute atomic E-state index is 11.6. The molecule has 1 amide bonds. The fourth-order valence-electron chi connectivity index (χ4n) is 1.56.